The third-order valence-corrected chi connectivity index (χ3v) is 2.02. The molecule has 0 amide bonds. The number of carboxylic acid groups (broad SMARTS) is 1. The Balaban J connectivity index is 3.87. The fraction of sp³-hybridized carbons (Fsp3) is 0.714. The van der Waals surface area contributed by atoms with E-state index in [0.29, 0.717) is 10.5 Å². The van der Waals surface area contributed by atoms with Crippen LogP contribution in [0.2, 0.25) is 0 Å². The van der Waals surface area contributed by atoms with Crippen LogP contribution in [0.5, 0.6) is 0 Å². The zero-order valence-electron chi connectivity index (χ0n) is 7.78. The molecule has 1 N–H and O–H groups in total. The first-order valence-electron chi connectivity index (χ1n) is 4.03. The van der Waals surface area contributed by atoms with Gasteiger partial charge >= 0.3 is 11.9 Å². The van der Waals surface area contributed by atoms with Gasteiger partial charge in [0, 0.05) is 6.42 Å². The maximum absolute atomic E-state index is 11.1. The Kier molecular flexibility index (Phi) is 6.16. The molecule has 0 heterocycles. The van der Waals surface area contributed by atoms with E-state index in [2.05, 4.69) is 0 Å². The number of aliphatic carboxylic acids is 1. The largest absolute Gasteiger partial charge is 0.481 e. The molecule has 0 aliphatic rings. The van der Waals surface area contributed by atoms with Gasteiger partial charge < -0.3 is 14.3 Å². The molecule has 0 aromatic heterocycles. The summed E-state index contributed by atoms with van der Waals surface area (Å²) in [6.07, 6.45) is -0.605. The summed E-state index contributed by atoms with van der Waals surface area (Å²) in [4.78, 5) is 21.3. The van der Waals surface area contributed by atoms with Crippen molar-refractivity contribution in [3.05, 3.63) is 0 Å². The lowest BCUT2D eigenvalue weighted by Gasteiger charge is -2.12. The summed E-state index contributed by atoms with van der Waals surface area (Å²) in [5.41, 5.74) is 0. The monoisotopic (exact) mass is 206 g/mol. The minimum Gasteiger partial charge on any atom is -0.481 e. The second-order valence-electron chi connectivity index (χ2n) is 2.41. The third kappa shape index (κ3) is 5.37. The maximum Gasteiger partial charge on any atom is 0.333 e. The molecule has 13 heavy (non-hydrogen) atoms. The molecule has 0 rings (SSSR count). The van der Waals surface area contributed by atoms with E-state index in [-0.39, 0.29) is 19.4 Å². The van der Waals surface area contributed by atoms with E-state index in [9.17, 15) is 9.59 Å². The number of carboxylic acids is 1. The Labute approximate surface area is 79.6 Å². The van der Waals surface area contributed by atoms with E-state index in [0.717, 1.165) is 0 Å². The summed E-state index contributed by atoms with van der Waals surface area (Å²) in [5.74, 6) is -1.41. The highest BCUT2D eigenvalue weighted by molar-refractivity contribution is 5.99. The van der Waals surface area contributed by atoms with Crippen LogP contribution < -0.4 is 0 Å². The fourth-order valence-corrected chi connectivity index (χ4v) is 1.25. The van der Waals surface area contributed by atoms with Crippen molar-refractivity contribution in [3.63, 3.8) is 0 Å². The van der Waals surface area contributed by atoms with Crippen LogP contribution in [-0.4, -0.2) is 40.2 Å². The predicted octanol–water partition coefficient (Wildman–Crippen LogP) is -0.920. The smallest absolute Gasteiger partial charge is 0.333 e. The lowest BCUT2D eigenvalue weighted by Crippen LogP contribution is -2.26. The number of hydrogen-bond acceptors (Lipinski definition) is 4. The van der Waals surface area contributed by atoms with Crippen LogP contribution in [0.4, 0.5) is 0 Å². The van der Waals surface area contributed by atoms with Gasteiger partial charge in [0.1, 0.15) is 16.6 Å². The van der Waals surface area contributed by atoms with Gasteiger partial charge in [-0.1, -0.05) is 0 Å². The van der Waals surface area contributed by atoms with Crippen LogP contribution in [-0.2, 0) is 18.8 Å². The van der Waals surface area contributed by atoms with Crippen LogP contribution in [0.25, 0.3) is 0 Å². The van der Waals surface area contributed by atoms with Gasteiger partial charge in [0.15, 0.2) is 0 Å². The van der Waals surface area contributed by atoms with Crippen molar-refractivity contribution in [1.82, 2.24) is 0 Å². The van der Waals surface area contributed by atoms with Gasteiger partial charge in [0.05, 0.1) is 6.61 Å². The Bertz CT molecular complexity index is 182. The minimum atomic E-state index is -0.937. The second kappa shape index (κ2) is 6.61. The summed E-state index contributed by atoms with van der Waals surface area (Å²) < 4.78 is 9.61. The summed E-state index contributed by atoms with van der Waals surface area (Å²) in [5, 5.41) is 8.37. The van der Waals surface area contributed by atoms with Crippen LogP contribution in [0.15, 0.2) is 0 Å². The molecule has 0 bridgehead atoms. The van der Waals surface area contributed by atoms with Crippen molar-refractivity contribution < 1.29 is 23.9 Å². The van der Waals surface area contributed by atoms with E-state index in [4.69, 9.17) is 14.3 Å². The molecule has 1 atom stereocenters. The van der Waals surface area contributed by atoms with Crippen molar-refractivity contribution >= 4 is 22.4 Å². The highest BCUT2D eigenvalue weighted by atomic mass is 28.2. The Hall–Kier alpha value is -0.883. The average molecular weight is 206 g/mol. The lowest BCUT2D eigenvalue weighted by molar-refractivity contribution is -0.152. The molecule has 0 aromatic carbocycles. The summed E-state index contributed by atoms with van der Waals surface area (Å²) in [7, 11) is 0.393. The number of carbonyl (C=O) groups is 2. The number of hydrogen-bond donors (Lipinski definition) is 1. The van der Waals surface area contributed by atoms with E-state index in [1.807, 2.05) is 0 Å². The fourth-order valence-electron chi connectivity index (χ4n) is 0.822. The zero-order valence-corrected chi connectivity index (χ0v) is 9.78. The molecule has 5 nitrogen and oxygen atoms in total. The molecule has 0 saturated heterocycles. The van der Waals surface area contributed by atoms with E-state index in [1.165, 1.54) is 0 Å². The zero-order chi connectivity index (χ0) is 10.3. The number of rotatable bonds is 6. The number of ether oxygens (including phenoxy) is 1. The van der Waals surface area contributed by atoms with Crippen molar-refractivity contribution in [2.75, 3.05) is 6.61 Å². The SMILES string of the molecule is CCOC(=O)C(CCC(=O)O)O[SiH3]. The standard InChI is InChI=1S/C7H14O5Si/c1-2-11-7(10)5(12-13)3-4-6(8)9/h5H,2-4H2,1,13H3,(H,8,9). The van der Waals surface area contributed by atoms with E-state index < -0.39 is 18.0 Å². The Morgan fingerprint density at radius 3 is 2.54 bits per heavy atom. The topological polar surface area (TPSA) is 72.8 Å². The van der Waals surface area contributed by atoms with E-state index in [1.54, 1.807) is 6.92 Å². The molecular formula is C7H14O5Si. The van der Waals surface area contributed by atoms with Crippen molar-refractivity contribution in [2.45, 2.75) is 25.9 Å². The highest BCUT2D eigenvalue weighted by Gasteiger charge is 2.19. The van der Waals surface area contributed by atoms with Crippen molar-refractivity contribution in [2.24, 2.45) is 0 Å². The van der Waals surface area contributed by atoms with Crippen LogP contribution >= 0.6 is 0 Å². The van der Waals surface area contributed by atoms with Gasteiger partial charge in [-0.3, -0.25) is 4.79 Å². The van der Waals surface area contributed by atoms with Gasteiger partial charge in [-0.25, -0.2) is 4.79 Å². The Morgan fingerprint density at radius 1 is 1.54 bits per heavy atom. The van der Waals surface area contributed by atoms with Gasteiger partial charge in [0.25, 0.3) is 0 Å². The molecule has 0 aromatic rings. The summed E-state index contributed by atoms with van der Waals surface area (Å²) >= 11 is 0. The van der Waals surface area contributed by atoms with Gasteiger partial charge in [-0.05, 0) is 13.3 Å². The van der Waals surface area contributed by atoms with Crippen LogP contribution in [0.1, 0.15) is 19.8 Å². The second-order valence-corrected chi connectivity index (χ2v) is 2.88. The predicted molar refractivity (Wildman–Crippen MR) is 48.3 cm³/mol. The van der Waals surface area contributed by atoms with Crippen LogP contribution in [0.3, 0.4) is 0 Å². The maximum atomic E-state index is 11.1. The number of carbonyl (C=O) groups excluding carboxylic acids is 1. The molecule has 0 radical (unpaired) electrons. The Morgan fingerprint density at radius 2 is 2.15 bits per heavy atom. The van der Waals surface area contributed by atoms with Gasteiger partial charge in [0.2, 0.25) is 0 Å². The first-order chi connectivity index (χ1) is 6.11. The molecule has 0 aliphatic carbocycles. The quantitative estimate of drug-likeness (QED) is 0.449. The molecule has 6 heteroatoms. The molecule has 76 valence electrons. The summed E-state index contributed by atoms with van der Waals surface area (Å²) in [6, 6.07) is 0. The van der Waals surface area contributed by atoms with Crippen molar-refractivity contribution in [1.29, 1.82) is 0 Å². The average Bonchev–Trinajstić information content (AvgIpc) is 2.05. The van der Waals surface area contributed by atoms with Gasteiger partial charge in [-0.2, -0.15) is 0 Å². The van der Waals surface area contributed by atoms with Crippen LogP contribution in [0, 0.1) is 0 Å². The number of esters is 1. The molecule has 0 aliphatic heterocycles. The third-order valence-electron chi connectivity index (χ3n) is 1.45. The first-order valence-corrected chi connectivity index (χ1v) is 4.84. The normalized spacial score (nSPS) is 12.4. The first kappa shape index (κ1) is 12.1. The molecule has 0 saturated carbocycles. The molecule has 0 fully saturated rings. The molecular weight excluding hydrogens is 192 g/mol. The summed E-state index contributed by atoms with van der Waals surface area (Å²) in [6.45, 7) is 1.98. The van der Waals surface area contributed by atoms with Crippen molar-refractivity contribution in [3.8, 4) is 0 Å². The molecule has 0 spiro atoms. The van der Waals surface area contributed by atoms with E-state index >= 15 is 0 Å². The minimum absolute atomic E-state index is 0.0777. The molecule has 1 unspecified atom stereocenters. The highest BCUT2D eigenvalue weighted by Crippen LogP contribution is 2.03. The van der Waals surface area contributed by atoms with Gasteiger partial charge in [-0.15, -0.1) is 0 Å². The lowest BCUT2D eigenvalue weighted by atomic mass is 10.2.